The molecule has 11 nitrogen and oxygen atoms in total. The first kappa shape index (κ1) is 48.1. The third-order valence-electron chi connectivity index (χ3n) is 9.01. The van der Waals surface area contributed by atoms with Crippen molar-refractivity contribution in [3.05, 3.63) is 76.3 Å². The lowest BCUT2D eigenvalue weighted by molar-refractivity contribution is -0.123. The molecule has 0 saturated carbocycles. The minimum Gasteiger partial charge on any atom is -0.480 e. The summed E-state index contributed by atoms with van der Waals surface area (Å²) in [5.74, 6) is -0.924. The number of anilines is 3. The van der Waals surface area contributed by atoms with Gasteiger partial charge in [-0.15, -0.1) is 0 Å². The van der Waals surface area contributed by atoms with Crippen LogP contribution in [-0.4, -0.2) is 63.7 Å². The Kier molecular flexibility index (Phi) is 16.3. The summed E-state index contributed by atoms with van der Waals surface area (Å²) in [7, 11) is -3.32. The van der Waals surface area contributed by atoms with Crippen LogP contribution in [0.25, 0.3) is 0 Å². The van der Waals surface area contributed by atoms with E-state index in [0.29, 0.717) is 42.2 Å². The van der Waals surface area contributed by atoms with Crippen molar-refractivity contribution in [2.75, 3.05) is 41.4 Å². The summed E-state index contributed by atoms with van der Waals surface area (Å²) in [4.78, 5) is 47.9. The molecule has 0 radical (unpaired) electrons. The molecule has 0 spiro atoms. The minimum absolute atomic E-state index is 0.00314. The fourth-order valence-corrected chi connectivity index (χ4v) is 6.86. The smallest absolute Gasteiger partial charge is 0.278 e. The van der Waals surface area contributed by atoms with E-state index in [4.69, 9.17) is 16.3 Å². The molecule has 0 aliphatic carbocycles. The molecule has 2 amide bonds. The lowest BCUT2D eigenvalue weighted by Crippen LogP contribution is -2.37. The maximum Gasteiger partial charge on any atom is 0.278 e. The van der Waals surface area contributed by atoms with Gasteiger partial charge in [-0.05, 0) is 103 Å². The Morgan fingerprint density at radius 1 is 0.862 bits per heavy atom. The Bertz CT molecular complexity index is 2100. The molecular weight excluding hydrogens is 774 g/mol. The first-order chi connectivity index (χ1) is 26.7. The number of nitrogens with zero attached hydrogens (tertiary/aromatic N) is 2. The maximum absolute atomic E-state index is 13.9. The van der Waals surface area contributed by atoms with E-state index in [-0.39, 0.29) is 39.7 Å². The molecule has 13 heteroatoms. The van der Waals surface area contributed by atoms with Crippen molar-refractivity contribution < 1.29 is 27.5 Å². The number of hydrogen-bond donors (Lipinski definition) is 3. The second-order valence-corrected chi connectivity index (χ2v) is 20.6. The summed E-state index contributed by atoms with van der Waals surface area (Å²) in [5.41, 5.74) is 3.66. The summed E-state index contributed by atoms with van der Waals surface area (Å²) in [6, 6.07) is 16.4. The second kappa shape index (κ2) is 19.7. The molecule has 0 heterocycles. The van der Waals surface area contributed by atoms with Crippen LogP contribution in [0.2, 0.25) is 5.02 Å². The summed E-state index contributed by atoms with van der Waals surface area (Å²) < 4.78 is 32.0. The zero-order chi connectivity index (χ0) is 43.8. The standard InChI is InChI=1S/C45H64ClN5O6S/c1-14-37(57-38-21-16-30(27-43(4,5)6)25-31(38)28-44(7,8)9)41(53)48-32-17-19-34(46)36(26-32)50-42(54)39(40(52)45(10,11)12)49-35-20-18-33(24-29(35)3)51(15-2)23-22-47-58(13,55)56/h16-21,24-26,37,47H,14-15,22-23,27-28H2,1-13H3,(H,48,53)(H,50,54). The zero-order valence-corrected chi connectivity index (χ0v) is 38.2. The van der Waals surface area contributed by atoms with Crippen LogP contribution < -0.4 is 25.0 Å². The van der Waals surface area contributed by atoms with Gasteiger partial charge in [-0.2, -0.15) is 0 Å². The van der Waals surface area contributed by atoms with Gasteiger partial charge in [0.15, 0.2) is 17.6 Å². The van der Waals surface area contributed by atoms with Gasteiger partial charge in [-0.3, -0.25) is 14.4 Å². The van der Waals surface area contributed by atoms with E-state index in [1.807, 2.05) is 43.9 Å². The van der Waals surface area contributed by atoms with Gasteiger partial charge < -0.3 is 20.3 Å². The molecule has 3 N–H and O–H groups in total. The van der Waals surface area contributed by atoms with Crippen LogP contribution in [0.3, 0.4) is 0 Å². The van der Waals surface area contributed by atoms with E-state index in [0.717, 1.165) is 30.3 Å². The average molecular weight is 839 g/mol. The van der Waals surface area contributed by atoms with Gasteiger partial charge in [-0.25, -0.2) is 18.1 Å². The highest BCUT2D eigenvalue weighted by Crippen LogP contribution is 2.33. The van der Waals surface area contributed by atoms with Gasteiger partial charge in [-0.1, -0.05) is 93.0 Å². The topological polar surface area (TPSA) is 146 Å². The molecular formula is C45H64ClN5O6S. The molecule has 0 aliphatic rings. The second-order valence-electron chi connectivity index (χ2n) is 18.3. The van der Waals surface area contributed by atoms with E-state index in [2.05, 4.69) is 74.0 Å². The number of sulfonamides is 1. The summed E-state index contributed by atoms with van der Waals surface area (Å²) in [6.45, 7) is 25.3. The number of amides is 2. The normalized spacial score (nSPS) is 13.2. The molecule has 1 unspecified atom stereocenters. The third-order valence-corrected chi connectivity index (χ3v) is 10.1. The van der Waals surface area contributed by atoms with Crippen molar-refractivity contribution in [3.8, 4) is 5.75 Å². The van der Waals surface area contributed by atoms with E-state index in [1.165, 1.54) is 11.6 Å². The largest absolute Gasteiger partial charge is 0.480 e. The van der Waals surface area contributed by atoms with Gasteiger partial charge in [0.05, 0.1) is 22.7 Å². The number of benzene rings is 3. The van der Waals surface area contributed by atoms with Crippen LogP contribution in [-0.2, 0) is 37.2 Å². The number of ketones is 1. The van der Waals surface area contributed by atoms with Crippen LogP contribution in [0.15, 0.2) is 59.6 Å². The number of likely N-dealkylation sites (N-methyl/N-ethyl adjacent to an activating group) is 1. The number of ether oxygens (including phenoxy) is 1. The SMILES string of the molecule is CCC(Oc1ccc(CC(C)(C)C)cc1CC(C)(C)C)C(=O)Nc1ccc(Cl)c(NC(=O)C(=Nc2ccc(N(CC)CCNS(C)(=O)=O)cc2C)C(=O)C(C)(C)C)c1. The summed E-state index contributed by atoms with van der Waals surface area (Å²) >= 11 is 6.56. The summed E-state index contributed by atoms with van der Waals surface area (Å²) in [5, 5.41) is 5.87. The molecule has 1 atom stereocenters. The van der Waals surface area contributed by atoms with Gasteiger partial charge >= 0.3 is 0 Å². The predicted octanol–water partition coefficient (Wildman–Crippen LogP) is 9.32. The van der Waals surface area contributed by atoms with Crippen LogP contribution in [0.1, 0.15) is 99.3 Å². The van der Waals surface area contributed by atoms with Crippen LogP contribution in [0.5, 0.6) is 5.75 Å². The number of carbonyl (C=O) groups excluding carboxylic acids is 3. The Morgan fingerprint density at radius 2 is 1.52 bits per heavy atom. The lowest BCUT2D eigenvalue weighted by atomic mass is 9.84. The van der Waals surface area contributed by atoms with E-state index in [1.54, 1.807) is 39.0 Å². The number of Topliss-reactive ketones (excluding diaryl/α,β-unsaturated/α-hetero) is 1. The highest BCUT2D eigenvalue weighted by atomic mass is 35.5. The zero-order valence-electron chi connectivity index (χ0n) is 36.6. The van der Waals surface area contributed by atoms with E-state index < -0.39 is 33.2 Å². The van der Waals surface area contributed by atoms with E-state index >= 15 is 0 Å². The minimum atomic E-state index is -3.32. The molecule has 3 aromatic carbocycles. The lowest BCUT2D eigenvalue weighted by Gasteiger charge is -2.25. The van der Waals surface area contributed by atoms with Crippen molar-refractivity contribution in [2.45, 2.75) is 108 Å². The van der Waals surface area contributed by atoms with Crippen LogP contribution in [0, 0.1) is 23.2 Å². The Hall–Kier alpha value is -4.26. The van der Waals surface area contributed by atoms with Gasteiger partial charge in [0.25, 0.3) is 11.8 Å². The predicted molar refractivity (Wildman–Crippen MR) is 240 cm³/mol. The van der Waals surface area contributed by atoms with Crippen molar-refractivity contribution in [1.82, 2.24) is 4.72 Å². The van der Waals surface area contributed by atoms with Gasteiger partial charge in [0.2, 0.25) is 10.0 Å². The van der Waals surface area contributed by atoms with Crippen molar-refractivity contribution in [3.63, 3.8) is 0 Å². The Balaban J connectivity index is 1.88. The molecule has 3 aromatic rings. The average Bonchev–Trinajstić information content (AvgIpc) is 3.08. The van der Waals surface area contributed by atoms with Crippen molar-refractivity contribution in [2.24, 2.45) is 21.2 Å². The Morgan fingerprint density at radius 3 is 2.07 bits per heavy atom. The first-order valence-corrected chi connectivity index (χ1v) is 22.1. The number of carbonyl (C=O) groups is 3. The number of hydrogen-bond acceptors (Lipinski definition) is 8. The van der Waals surface area contributed by atoms with Gasteiger partial charge in [0.1, 0.15) is 5.75 Å². The molecule has 58 heavy (non-hydrogen) atoms. The fraction of sp³-hybridized carbons (Fsp3) is 0.511. The highest BCUT2D eigenvalue weighted by Gasteiger charge is 2.32. The van der Waals surface area contributed by atoms with Gasteiger partial charge in [0, 0.05) is 36.4 Å². The first-order valence-electron chi connectivity index (χ1n) is 19.8. The monoisotopic (exact) mass is 837 g/mol. The number of nitrogens with one attached hydrogen (secondary N) is 3. The molecule has 0 fully saturated rings. The molecule has 0 aromatic heterocycles. The quantitative estimate of drug-likeness (QED) is 0.0908. The summed E-state index contributed by atoms with van der Waals surface area (Å²) in [6.07, 6.45) is 2.42. The van der Waals surface area contributed by atoms with Crippen molar-refractivity contribution >= 4 is 67.7 Å². The fourth-order valence-electron chi connectivity index (χ4n) is 6.24. The van der Waals surface area contributed by atoms with Crippen LogP contribution >= 0.6 is 11.6 Å². The van der Waals surface area contributed by atoms with Crippen molar-refractivity contribution in [1.29, 1.82) is 0 Å². The molecule has 0 bridgehead atoms. The molecule has 3 rings (SSSR count). The number of halogens is 1. The Labute approximate surface area is 351 Å². The number of rotatable bonds is 17. The maximum atomic E-state index is 13.9. The highest BCUT2D eigenvalue weighted by molar-refractivity contribution is 7.88. The molecule has 0 aliphatic heterocycles. The number of aryl methyl sites for hydroxylation is 1. The number of aliphatic imine (C=N–C) groups is 1. The third kappa shape index (κ3) is 15.2. The van der Waals surface area contributed by atoms with Crippen LogP contribution in [0.4, 0.5) is 22.7 Å². The van der Waals surface area contributed by atoms with E-state index in [9.17, 15) is 22.8 Å². The molecule has 318 valence electrons. The molecule has 0 saturated heterocycles.